The molecule has 2 aromatic heterocycles. The minimum absolute atomic E-state index is 0.157. The SMILES string of the molecule is Cc1nc2nc(CN3CCCC[C@H]3c3ccc(F)cc3)cc(=O)n2[nH]1. The van der Waals surface area contributed by atoms with Crippen LogP contribution in [0.3, 0.4) is 0 Å². The molecule has 3 heterocycles. The summed E-state index contributed by atoms with van der Waals surface area (Å²) in [6, 6.07) is 8.48. The van der Waals surface area contributed by atoms with Crippen molar-refractivity contribution in [2.45, 2.75) is 38.8 Å². The summed E-state index contributed by atoms with van der Waals surface area (Å²) < 4.78 is 14.6. The Kier molecular flexibility index (Phi) is 4.09. The summed E-state index contributed by atoms with van der Waals surface area (Å²) in [5.74, 6) is 0.833. The average Bonchev–Trinajstić information content (AvgIpc) is 2.97. The van der Waals surface area contributed by atoms with Crippen LogP contribution < -0.4 is 5.56 Å². The van der Waals surface area contributed by atoms with Gasteiger partial charge in [-0.25, -0.2) is 9.37 Å². The molecule has 1 fully saturated rings. The summed E-state index contributed by atoms with van der Waals surface area (Å²) in [5, 5.41) is 2.88. The van der Waals surface area contributed by atoms with Crippen LogP contribution in [-0.4, -0.2) is 31.0 Å². The Morgan fingerprint density at radius 2 is 2.04 bits per heavy atom. The maximum absolute atomic E-state index is 13.2. The molecule has 0 radical (unpaired) electrons. The van der Waals surface area contributed by atoms with E-state index in [9.17, 15) is 9.18 Å². The number of rotatable bonds is 3. The van der Waals surface area contributed by atoms with E-state index in [4.69, 9.17) is 0 Å². The molecule has 1 N–H and O–H groups in total. The van der Waals surface area contributed by atoms with Crippen LogP contribution in [0.15, 0.2) is 35.1 Å². The zero-order valence-corrected chi connectivity index (χ0v) is 14.1. The third kappa shape index (κ3) is 3.19. The van der Waals surface area contributed by atoms with Crippen LogP contribution in [0.2, 0.25) is 0 Å². The van der Waals surface area contributed by atoms with Gasteiger partial charge in [0.05, 0.1) is 5.69 Å². The van der Waals surface area contributed by atoms with Crippen molar-refractivity contribution < 1.29 is 4.39 Å². The highest BCUT2D eigenvalue weighted by Crippen LogP contribution is 2.31. The number of nitrogens with zero attached hydrogens (tertiary/aromatic N) is 4. The first kappa shape index (κ1) is 16.0. The summed E-state index contributed by atoms with van der Waals surface area (Å²) in [5.41, 5.74) is 1.66. The molecule has 1 aliphatic rings. The minimum atomic E-state index is -0.222. The standard InChI is InChI=1S/C18H20FN5O/c1-12-20-18-21-15(10-17(25)24(18)22-12)11-23-9-3-2-4-16(23)13-5-7-14(19)8-6-13/h5-8,10,16H,2-4,9,11H2,1H3,(H,20,21,22)/t16-/m0/s1. The van der Waals surface area contributed by atoms with Crippen LogP contribution in [0.5, 0.6) is 0 Å². The molecular weight excluding hydrogens is 321 g/mol. The summed E-state index contributed by atoms with van der Waals surface area (Å²) >= 11 is 0. The number of nitrogens with one attached hydrogen (secondary N) is 1. The second-order valence-corrected chi connectivity index (χ2v) is 6.56. The number of aromatic amines is 1. The van der Waals surface area contributed by atoms with E-state index >= 15 is 0 Å². The molecule has 4 rings (SSSR count). The van der Waals surface area contributed by atoms with Crippen molar-refractivity contribution in [2.75, 3.05) is 6.54 Å². The lowest BCUT2D eigenvalue weighted by Gasteiger charge is -2.35. The molecule has 130 valence electrons. The van der Waals surface area contributed by atoms with Crippen LogP contribution in [0.4, 0.5) is 4.39 Å². The van der Waals surface area contributed by atoms with Gasteiger partial charge in [-0.3, -0.25) is 14.8 Å². The number of piperidine rings is 1. The highest BCUT2D eigenvalue weighted by Gasteiger charge is 2.24. The minimum Gasteiger partial charge on any atom is -0.291 e. The first-order valence-corrected chi connectivity index (χ1v) is 8.55. The van der Waals surface area contributed by atoms with E-state index in [1.54, 1.807) is 13.0 Å². The maximum atomic E-state index is 13.2. The van der Waals surface area contributed by atoms with Gasteiger partial charge in [-0.1, -0.05) is 18.6 Å². The van der Waals surface area contributed by atoms with Gasteiger partial charge in [0.1, 0.15) is 11.6 Å². The van der Waals surface area contributed by atoms with Crippen LogP contribution >= 0.6 is 0 Å². The Labute approximate surface area is 144 Å². The third-order valence-electron chi connectivity index (χ3n) is 4.73. The van der Waals surface area contributed by atoms with Crippen LogP contribution in [0.25, 0.3) is 5.78 Å². The van der Waals surface area contributed by atoms with Gasteiger partial charge in [0.25, 0.3) is 11.3 Å². The number of aryl methyl sites for hydroxylation is 1. The third-order valence-corrected chi connectivity index (χ3v) is 4.73. The quantitative estimate of drug-likeness (QED) is 0.795. The maximum Gasteiger partial charge on any atom is 0.274 e. The predicted molar refractivity (Wildman–Crippen MR) is 91.7 cm³/mol. The number of benzene rings is 1. The Hall–Kier alpha value is -2.54. The first-order chi connectivity index (χ1) is 12.1. The summed E-state index contributed by atoms with van der Waals surface area (Å²) in [7, 11) is 0. The molecule has 0 saturated carbocycles. The smallest absolute Gasteiger partial charge is 0.274 e. The molecule has 1 aliphatic heterocycles. The molecule has 7 heteroatoms. The van der Waals surface area contributed by atoms with Gasteiger partial charge >= 0.3 is 0 Å². The van der Waals surface area contributed by atoms with Gasteiger partial charge < -0.3 is 0 Å². The van der Waals surface area contributed by atoms with E-state index in [0.717, 1.165) is 31.4 Å². The molecule has 0 unspecified atom stereocenters. The van der Waals surface area contributed by atoms with E-state index < -0.39 is 0 Å². The zero-order valence-electron chi connectivity index (χ0n) is 14.1. The van der Waals surface area contributed by atoms with Crippen molar-refractivity contribution >= 4 is 5.78 Å². The molecule has 0 amide bonds. The van der Waals surface area contributed by atoms with Crippen LogP contribution in [0.1, 0.15) is 42.4 Å². The fourth-order valence-corrected chi connectivity index (χ4v) is 3.56. The number of hydrogen-bond donors (Lipinski definition) is 1. The van der Waals surface area contributed by atoms with Crippen molar-refractivity contribution in [3.8, 4) is 0 Å². The second kappa shape index (κ2) is 6.40. The van der Waals surface area contributed by atoms with Crippen LogP contribution in [-0.2, 0) is 6.54 Å². The van der Waals surface area contributed by atoms with Gasteiger partial charge in [-0.2, -0.15) is 9.50 Å². The number of aromatic nitrogens is 4. The highest BCUT2D eigenvalue weighted by atomic mass is 19.1. The van der Waals surface area contributed by atoms with E-state index in [-0.39, 0.29) is 17.4 Å². The largest absolute Gasteiger partial charge is 0.291 e. The molecular formula is C18H20FN5O. The molecule has 0 spiro atoms. The zero-order chi connectivity index (χ0) is 17.4. The molecule has 6 nitrogen and oxygen atoms in total. The van der Waals surface area contributed by atoms with Gasteiger partial charge in [0, 0.05) is 18.7 Å². The Morgan fingerprint density at radius 3 is 2.84 bits per heavy atom. The number of fused-ring (bicyclic) bond motifs is 1. The number of halogens is 1. The first-order valence-electron chi connectivity index (χ1n) is 8.55. The van der Waals surface area contributed by atoms with Gasteiger partial charge in [0.2, 0.25) is 0 Å². The van der Waals surface area contributed by atoms with Crippen molar-refractivity contribution in [1.82, 2.24) is 24.5 Å². The molecule has 3 aromatic rings. The van der Waals surface area contributed by atoms with E-state index in [0.29, 0.717) is 23.8 Å². The lowest BCUT2D eigenvalue weighted by Crippen LogP contribution is -2.33. The molecule has 0 aliphatic carbocycles. The van der Waals surface area contributed by atoms with Crippen LogP contribution in [0, 0.1) is 12.7 Å². The van der Waals surface area contributed by atoms with Crippen molar-refractivity contribution in [3.63, 3.8) is 0 Å². The summed E-state index contributed by atoms with van der Waals surface area (Å²) in [6.07, 6.45) is 3.28. The van der Waals surface area contributed by atoms with E-state index in [2.05, 4.69) is 20.0 Å². The lowest BCUT2D eigenvalue weighted by molar-refractivity contribution is 0.138. The molecule has 25 heavy (non-hydrogen) atoms. The highest BCUT2D eigenvalue weighted by molar-refractivity contribution is 5.28. The molecule has 1 saturated heterocycles. The van der Waals surface area contributed by atoms with Crippen molar-refractivity contribution in [2.24, 2.45) is 0 Å². The summed E-state index contributed by atoms with van der Waals surface area (Å²) in [6.45, 7) is 3.31. The number of H-pyrrole nitrogens is 1. The molecule has 0 bridgehead atoms. The summed E-state index contributed by atoms with van der Waals surface area (Å²) in [4.78, 5) is 23.3. The van der Waals surface area contributed by atoms with Gasteiger partial charge in [0.15, 0.2) is 0 Å². The Balaban J connectivity index is 1.63. The Bertz CT molecular complexity index is 946. The topological polar surface area (TPSA) is 66.3 Å². The fourth-order valence-electron chi connectivity index (χ4n) is 3.56. The monoisotopic (exact) mass is 341 g/mol. The van der Waals surface area contributed by atoms with Gasteiger partial charge in [-0.15, -0.1) is 0 Å². The van der Waals surface area contributed by atoms with E-state index in [1.807, 2.05) is 12.1 Å². The van der Waals surface area contributed by atoms with Gasteiger partial charge in [-0.05, 0) is 44.0 Å². The van der Waals surface area contributed by atoms with Crippen molar-refractivity contribution in [1.29, 1.82) is 0 Å². The second-order valence-electron chi connectivity index (χ2n) is 6.56. The van der Waals surface area contributed by atoms with Crippen molar-refractivity contribution in [3.05, 3.63) is 63.6 Å². The average molecular weight is 341 g/mol. The lowest BCUT2D eigenvalue weighted by atomic mass is 9.95. The number of hydrogen-bond acceptors (Lipinski definition) is 4. The molecule has 1 aromatic carbocycles. The predicted octanol–water partition coefficient (Wildman–Crippen LogP) is 2.59. The normalized spacial score (nSPS) is 18.7. The van der Waals surface area contributed by atoms with E-state index in [1.165, 1.54) is 16.6 Å². The Morgan fingerprint density at radius 1 is 1.24 bits per heavy atom. The molecule has 1 atom stereocenters. The number of likely N-dealkylation sites (tertiary alicyclic amines) is 1. The fraction of sp³-hybridized carbons (Fsp3) is 0.389.